The molecule has 0 aromatic heterocycles. The average molecular weight is 441 g/mol. The number of aliphatic hydroxyl groups is 4. The highest BCUT2D eigenvalue weighted by atomic mass is 16.5. The summed E-state index contributed by atoms with van der Waals surface area (Å²) in [7, 11) is 0. The van der Waals surface area contributed by atoms with E-state index in [-0.39, 0.29) is 0 Å². The van der Waals surface area contributed by atoms with Crippen LogP contribution in [0.15, 0.2) is 36.4 Å². The van der Waals surface area contributed by atoms with Crippen LogP contribution in [0.3, 0.4) is 0 Å². The van der Waals surface area contributed by atoms with Crippen molar-refractivity contribution in [2.45, 2.75) is 88.8 Å². The van der Waals surface area contributed by atoms with E-state index in [1.54, 1.807) is 0 Å². The first-order valence-corrected chi connectivity index (χ1v) is 11.9. The molecule has 0 bridgehead atoms. The summed E-state index contributed by atoms with van der Waals surface area (Å²) < 4.78 is 5.90. The van der Waals surface area contributed by atoms with Crippen molar-refractivity contribution in [1.82, 2.24) is 0 Å². The molecule has 2 aromatic carbocycles. The maximum Gasteiger partial charge on any atom is 0.113 e. The lowest BCUT2D eigenvalue weighted by Crippen LogP contribution is -2.55. The standard InChI is InChI=1S/C27H36O5/c1-3-17-8-10-18(11-9-17)12-20-13-21(14-22(16(20)2)19-6-4-5-7-19)27-26(31)25(30)24(29)23(15-28)32-27/h8-11,13-14,19,23-31H,3-7,12,15H2,1-2H3/t23-,24-,25+,26-,27+/m1/s1. The molecule has 5 heteroatoms. The number of aliphatic hydroxyl groups excluding tert-OH is 4. The third-order valence-corrected chi connectivity index (χ3v) is 7.42. The van der Waals surface area contributed by atoms with Gasteiger partial charge in [-0.2, -0.15) is 0 Å². The largest absolute Gasteiger partial charge is 0.394 e. The molecule has 5 nitrogen and oxygen atoms in total. The Labute approximate surface area is 190 Å². The van der Waals surface area contributed by atoms with E-state index in [1.165, 1.54) is 40.7 Å². The van der Waals surface area contributed by atoms with Gasteiger partial charge >= 0.3 is 0 Å². The normalized spacial score (nSPS) is 28.9. The number of hydrogen-bond acceptors (Lipinski definition) is 5. The van der Waals surface area contributed by atoms with Crippen molar-refractivity contribution in [3.63, 3.8) is 0 Å². The Morgan fingerprint density at radius 1 is 0.906 bits per heavy atom. The topological polar surface area (TPSA) is 90.2 Å². The first kappa shape index (κ1) is 23.4. The highest BCUT2D eigenvalue weighted by molar-refractivity contribution is 5.44. The van der Waals surface area contributed by atoms with Gasteiger partial charge in [0.1, 0.15) is 30.5 Å². The second-order valence-electron chi connectivity index (χ2n) is 9.47. The molecule has 2 aromatic rings. The molecule has 2 aliphatic rings. The zero-order valence-corrected chi connectivity index (χ0v) is 19.1. The lowest BCUT2D eigenvalue weighted by Gasteiger charge is -2.40. The summed E-state index contributed by atoms with van der Waals surface area (Å²) in [6.45, 7) is 3.91. The number of ether oxygens (including phenoxy) is 1. The van der Waals surface area contributed by atoms with Crippen molar-refractivity contribution >= 4 is 0 Å². The third-order valence-electron chi connectivity index (χ3n) is 7.42. The zero-order chi connectivity index (χ0) is 22.8. The predicted molar refractivity (Wildman–Crippen MR) is 124 cm³/mol. The Bertz CT molecular complexity index is 901. The van der Waals surface area contributed by atoms with Crippen LogP contribution in [-0.4, -0.2) is 51.4 Å². The van der Waals surface area contributed by atoms with Crippen LogP contribution < -0.4 is 0 Å². The molecule has 1 aliphatic carbocycles. The minimum absolute atomic E-state index is 0.417. The van der Waals surface area contributed by atoms with Gasteiger partial charge in [-0.1, -0.05) is 56.2 Å². The monoisotopic (exact) mass is 440 g/mol. The summed E-state index contributed by atoms with van der Waals surface area (Å²) in [4.78, 5) is 0. The highest BCUT2D eigenvalue weighted by Crippen LogP contribution is 2.40. The highest BCUT2D eigenvalue weighted by Gasteiger charge is 2.44. The number of aryl methyl sites for hydroxylation is 1. The van der Waals surface area contributed by atoms with E-state index in [0.29, 0.717) is 5.92 Å². The molecule has 1 saturated heterocycles. The molecular weight excluding hydrogens is 404 g/mol. The Hall–Kier alpha value is -1.76. The van der Waals surface area contributed by atoms with Gasteiger partial charge in [0, 0.05) is 0 Å². The average Bonchev–Trinajstić information content (AvgIpc) is 3.34. The van der Waals surface area contributed by atoms with Crippen molar-refractivity contribution < 1.29 is 25.2 Å². The summed E-state index contributed by atoms with van der Waals surface area (Å²) in [5.41, 5.74) is 7.10. The number of hydrogen-bond donors (Lipinski definition) is 4. The van der Waals surface area contributed by atoms with Crippen LogP contribution in [-0.2, 0) is 17.6 Å². The summed E-state index contributed by atoms with van der Waals surface area (Å²) in [5.74, 6) is 0.487. The van der Waals surface area contributed by atoms with Crippen molar-refractivity contribution in [2.75, 3.05) is 6.61 Å². The second kappa shape index (κ2) is 10.0. The fourth-order valence-electron chi connectivity index (χ4n) is 5.32. The van der Waals surface area contributed by atoms with Gasteiger partial charge in [0.15, 0.2) is 0 Å². The molecule has 0 spiro atoms. The van der Waals surface area contributed by atoms with Gasteiger partial charge in [0.25, 0.3) is 0 Å². The van der Waals surface area contributed by atoms with Gasteiger partial charge in [-0.25, -0.2) is 0 Å². The maximum absolute atomic E-state index is 10.7. The van der Waals surface area contributed by atoms with Crippen LogP contribution in [0.1, 0.15) is 78.0 Å². The molecule has 0 unspecified atom stereocenters. The van der Waals surface area contributed by atoms with E-state index in [4.69, 9.17) is 4.74 Å². The minimum Gasteiger partial charge on any atom is -0.394 e. The van der Waals surface area contributed by atoms with Crippen LogP contribution in [0.5, 0.6) is 0 Å². The predicted octanol–water partition coefficient (Wildman–Crippen LogP) is 3.32. The summed E-state index contributed by atoms with van der Waals surface area (Å²) in [5, 5.41) is 40.9. The number of benzene rings is 2. The van der Waals surface area contributed by atoms with Gasteiger partial charge in [0.2, 0.25) is 0 Å². The van der Waals surface area contributed by atoms with Crippen LogP contribution in [0.4, 0.5) is 0 Å². The van der Waals surface area contributed by atoms with Crippen LogP contribution in [0, 0.1) is 6.92 Å². The quantitative estimate of drug-likeness (QED) is 0.553. The fourth-order valence-corrected chi connectivity index (χ4v) is 5.32. The molecule has 174 valence electrons. The zero-order valence-electron chi connectivity index (χ0n) is 19.1. The van der Waals surface area contributed by atoms with E-state index in [1.807, 2.05) is 0 Å². The molecule has 5 atom stereocenters. The lowest BCUT2D eigenvalue weighted by atomic mass is 9.83. The summed E-state index contributed by atoms with van der Waals surface area (Å²) in [6.07, 6.45) is 0.876. The smallest absolute Gasteiger partial charge is 0.113 e. The summed E-state index contributed by atoms with van der Waals surface area (Å²) >= 11 is 0. The first-order chi connectivity index (χ1) is 15.4. The molecule has 1 aliphatic heterocycles. The van der Waals surface area contributed by atoms with E-state index in [2.05, 4.69) is 50.2 Å². The lowest BCUT2D eigenvalue weighted by molar-refractivity contribution is -0.231. The molecule has 4 N–H and O–H groups in total. The molecule has 4 rings (SSSR count). The van der Waals surface area contributed by atoms with Gasteiger partial charge in [-0.3, -0.25) is 0 Å². The third kappa shape index (κ3) is 4.63. The molecule has 1 heterocycles. The van der Waals surface area contributed by atoms with E-state index < -0.39 is 37.1 Å². The minimum atomic E-state index is -1.37. The van der Waals surface area contributed by atoms with Gasteiger partial charge in [-0.05, 0) is 71.9 Å². The van der Waals surface area contributed by atoms with Crippen LogP contribution in [0.25, 0.3) is 0 Å². The van der Waals surface area contributed by atoms with Crippen molar-refractivity contribution in [3.8, 4) is 0 Å². The second-order valence-corrected chi connectivity index (χ2v) is 9.47. The Morgan fingerprint density at radius 3 is 2.19 bits per heavy atom. The van der Waals surface area contributed by atoms with Crippen LogP contribution >= 0.6 is 0 Å². The molecule has 1 saturated carbocycles. The fraction of sp³-hybridized carbons (Fsp3) is 0.556. The Balaban J connectivity index is 1.72. The molecule has 0 amide bonds. The Morgan fingerprint density at radius 2 is 1.56 bits per heavy atom. The van der Waals surface area contributed by atoms with Crippen molar-refractivity contribution in [3.05, 3.63) is 69.8 Å². The molecular formula is C27H36O5. The first-order valence-electron chi connectivity index (χ1n) is 11.9. The van der Waals surface area contributed by atoms with Crippen LogP contribution in [0.2, 0.25) is 0 Å². The van der Waals surface area contributed by atoms with E-state index in [9.17, 15) is 20.4 Å². The van der Waals surface area contributed by atoms with Crippen molar-refractivity contribution in [2.24, 2.45) is 0 Å². The summed E-state index contributed by atoms with van der Waals surface area (Å²) in [6, 6.07) is 12.9. The molecule has 32 heavy (non-hydrogen) atoms. The van der Waals surface area contributed by atoms with Gasteiger partial charge in [0.05, 0.1) is 6.61 Å². The molecule has 0 radical (unpaired) electrons. The SMILES string of the molecule is CCc1ccc(Cc2cc([C@@H]3O[C@H](CO)[C@@H](O)[C@H](O)[C@H]3O)cc(C3CCCC3)c2C)cc1. The molecule has 2 fully saturated rings. The maximum atomic E-state index is 10.7. The Kier molecular flexibility index (Phi) is 7.33. The van der Waals surface area contributed by atoms with E-state index >= 15 is 0 Å². The van der Waals surface area contributed by atoms with Gasteiger partial charge in [-0.15, -0.1) is 0 Å². The van der Waals surface area contributed by atoms with E-state index in [0.717, 1.165) is 31.2 Å². The van der Waals surface area contributed by atoms with Crippen molar-refractivity contribution in [1.29, 1.82) is 0 Å². The van der Waals surface area contributed by atoms with Gasteiger partial charge < -0.3 is 25.2 Å². The number of rotatable bonds is 6.